The molecule has 0 atom stereocenters. The highest BCUT2D eigenvalue weighted by Gasteiger charge is 2.49. The van der Waals surface area contributed by atoms with Gasteiger partial charge in [-0.05, 0) is 51.0 Å². The molecular weight excluding hydrogens is 226 g/mol. The number of nitrogens with zero attached hydrogens (tertiary/aromatic N) is 2. The number of anilines is 1. The zero-order chi connectivity index (χ0) is 12.6. The van der Waals surface area contributed by atoms with Crippen LogP contribution in [0.2, 0.25) is 0 Å². The van der Waals surface area contributed by atoms with Crippen molar-refractivity contribution < 1.29 is 4.79 Å². The summed E-state index contributed by atoms with van der Waals surface area (Å²) >= 11 is 0. The van der Waals surface area contributed by atoms with Crippen molar-refractivity contribution in [1.29, 1.82) is 0 Å². The molecule has 1 aromatic heterocycles. The third-order valence-electron chi connectivity index (χ3n) is 4.19. The molecule has 1 fully saturated rings. The van der Waals surface area contributed by atoms with Crippen LogP contribution in [0.1, 0.15) is 31.9 Å². The minimum atomic E-state index is -0.360. The molecule has 4 nitrogen and oxygen atoms in total. The second kappa shape index (κ2) is 4.35. The fraction of sp³-hybridized carbons (Fsp3) is 0.571. The van der Waals surface area contributed by atoms with Crippen LogP contribution in [0.15, 0.2) is 18.3 Å². The van der Waals surface area contributed by atoms with Gasteiger partial charge in [-0.2, -0.15) is 0 Å². The molecule has 1 amide bonds. The number of carbonyl (C=O) groups excluding carboxylic acids is 1. The Hall–Kier alpha value is -1.42. The number of piperidine rings is 1. The molecular formula is C14H19N3O. The molecule has 1 N–H and O–H groups in total. The average Bonchev–Trinajstić information content (AvgIpc) is 2.66. The van der Waals surface area contributed by atoms with Gasteiger partial charge in [0.1, 0.15) is 0 Å². The number of rotatable bonds is 2. The Morgan fingerprint density at radius 2 is 2.22 bits per heavy atom. The lowest BCUT2D eigenvalue weighted by atomic mass is 9.76. The Bertz CT molecular complexity index is 464. The van der Waals surface area contributed by atoms with Crippen LogP contribution in [-0.4, -0.2) is 35.4 Å². The third-order valence-corrected chi connectivity index (χ3v) is 4.19. The van der Waals surface area contributed by atoms with Gasteiger partial charge in [-0.25, -0.2) is 0 Å². The lowest BCUT2D eigenvalue weighted by molar-refractivity contribution is -0.122. The van der Waals surface area contributed by atoms with Crippen LogP contribution in [0.3, 0.4) is 0 Å². The van der Waals surface area contributed by atoms with E-state index in [1.165, 1.54) is 6.42 Å². The van der Waals surface area contributed by atoms with Crippen molar-refractivity contribution in [2.45, 2.75) is 31.6 Å². The molecule has 2 aliphatic heterocycles. The van der Waals surface area contributed by atoms with Crippen LogP contribution in [-0.2, 0) is 10.2 Å². The smallest absolute Gasteiger partial charge is 0.236 e. The summed E-state index contributed by atoms with van der Waals surface area (Å²) in [7, 11) is 0. The first kappa shape index (κ1) is 11.7. The Balaban J connectivity index is 1.86. The molecule has 18 heavy (non-hydrogen) atoms. The van der Waals surface area contributed by atoms with Crippen LogP contribution < -0.4 is 5.32 Å². The van der Waals surface area contributed by atoms with Gasteiger partial charge in [0.25, 0.3) is 0 Å². The van der Waals surface area contributed by atoms with Gasteiger partial charge in [-0.3, -0.25) is 9.78 Å². The molecule has 96 valence electrons. The molecule has 1 spiro atoms. The normalized spacial score (nSPS) is 21.9. The molecule has 0 aromatic carbocycles. The molecule has 1 aromatic rings. The molecule has 3 rings (SSSR count). The van der Waals surface area contributed by atoms with E-state index in [-0.39, 0.29) is 11.3 Å². The van der Waals surface area contributed by atoms with E-state index in [0.717, 1.165) is 43.9 Å². The van der Waals surface area contributed by atoms with E-state index in [1.54, 1.807) is 6.20 Å². The zero-order valence-corrected chi connectivity index (χ0v) is 10.8. The highest BCUT2D eigenvalue weighted by atomic mass is 16.2. The Labute approximate surface area is 107 Å². The fourth-order valence-corrected chi connectivity index (χ4v) is 3.18. The van der Waals surface area contributed by atoms with Gasteiger partial charge in [0.05, 0.1) is 16.8 Å². The van der Waals surface area contributed by atoms with E-state index in [1.807, 2.05) is 12.1 Å². The van der Waals surface area contributed by atoms with Gasteiger partial charge in [-0.1, -0.05) is 6.92 Å². The summed E-state index contributed by atoms with van der Waals surface area (Å²) in [5.41, 5.74) is 1.51. The standard InChI is InChI=1S/C14H19N3O/c1-2-8-17-9-5-14(6-10-17)12-11(16-13(14)18)4-3-7-15-12/h3-4,7H,2,5-6,8-10H2,1H3,(H,16,18). The topological polar surface area (TPSA) is 45.2 Å². The predicted octanol–water partition coefficient (Wildman–Crippen LogP) is 1.78. The molecule has 4 heteroatoms. The number of likely N-dealkylation sites (tertiary alicyclic amines) is 1. The van der Waals surface area contributed by atoms with E-state index in [0.29, 0.717) is 0 Å². The maximum Gasteiger partial charge on any atom is 0.236 e. The van der Waals surface area contributed by atoms with E-state index < -0.39 is 0 Å². The largest absolute Gasteiger partial charge is 0.324 e. The molecule has 0 radical (unpaired) electrons. The van der Waals surface area contributed by atoms with E-state index >= 15 is 0 Å². The van der Waals surface area contributed by atoms with Crippen molar-refractivity contribution in [2.75, 3.05) is 25.0 Å². The van der Waals surface area contributed by atoms with Crippen molar-refractivity contribution in [3.8, 4) is 0 Å². The van der Waals surface area contributed by atoms with Gasteiger partial charge in [0, 0.05) is 6.20 Å². The molecule has 0 saturated carbocycles. The van der Waals surface area contributed by atoms with Gasteiger partial charge >= 0.3 is 0 Å². The number of amides is 1. The highest BCUT2D eigenvalue weighted by Crippen LogP contribution is 2.43. The lowest BCUT2D eigenvalue weighted by Gasteiger charge is -2.37. The predicted molar refractivity (Wildman–Crippen MR) is 70.5 cm³/mol. The minimum absolute atomic E-state index is 0.146. The molecule has 0 unspecified atom stereocenters. The Morgan fingerprint density at radius 1 is 1.44 bits per heavy atom. The first-order valence-corrected chi connectivity index (χ1v) is 6.75. The fourth-order valence-electron chi connectivity index (χ4n) is 3.18. The summed E-state index contributed by atoms with van der Waals surface area (Å²) in [4.78, 5) is 19.2. The first-order chi connectivity index (χ1) is 8.76. The van der Waals surface area contributed by atoms with E-state index in [4.69, 9.17) is 0 Å². The Morgan fingerprint density at radius 3 is 2.94 bits per heavy atom. The second-order valence-corrected chi connectivity index (χ2v) is 5.28. The summed E-state index contributed by atoms with van der Waals surface area (Å²) in [5.74, 6) is 0.146. The van der Waals surface area contributed by atoms with Crippen LogP contribution in [0.5, 0.6) is 0 Å². The van der Waals surface area contributed by atoms with Crippen LogP contribution >= 0.6 is 0 Å². The van der Waals surface area contributed by atoms with Crippen LogP contribution in [0.4, 0.5) is 5.69 Å². The molecule has 3 heterocycles. The number of hydrogen-bond acceptors (Lipinski definition) is 3. The van der Waals surface area contributed by atoms with Gasteiger partial charge < -0.3 is 10.2 Å². The number of pyridine rings is 1. The average molecular weight is 245 g/mol. The summed E-state index contributed by atoms with van der Waals surface area (Å²) in [5, 5.41) is 2.98. The van der Waals surface area contributed by atoms with Crippen molar-refractivity contribution in [1.82, 2.24) is 9.88 Å². The van der Waals surface area contributed by atoms with E-state index in [9.17, 15) is 4.79 Å². The second-order valence-electron chi connectivity index (χ2n) is 5.28. The lowest BCUT2D eigenvalue weighted by Crippen LogP contribution is -2.46. The monoisotopic (exact) mass is 245 g/mol. The van der Waals surface area contributed by atoms with E-state index in [2.05, 4.69) is 22.1 Å². The van der Waals surface area contributed by atoms with Crippen molar-refractivity contribution in [3.63, 3.8) is 0 Å². The molecule has 2 aliphatic rings. The van der Waals surface area contributed by atoms with Crippen molar-refractivity contribution in [2.24, 2.45) is 0 Å². The number of fused-ring (bicyclic) bond motifs is 2. The van der Waals surface area contributed by atoms with Crippen molar-refractivity contribution in [3.05, 3.63) is 24.0 Å². The Kier molecular flexibility index (Phi) is 2.82. The number of hydrogen-bond donors (Lipinski definition) is 1. The summed E-state index contributed by atoms with van der Waals surface area (Å²) in [6, 6.07) is 3.83. The quantitative estimate of drug-likeness (QED) is 0.863. The number of carbonyl (C=O) groups is 1. The summed E-state index contributed by atoms with van der Waals surface area (Å²) in [6.07, 6.45) is 4.75. The minimum Gasteiger partial charge on any atom is -0.324 e. The van der Waals surface area contributed by atoms with Gasteiger partial charge in [0.15, 0.2) is 0 Å². The summed E-state index contributed by atoms with van der Waals surface area (Å²) in [6.45, 7) is 5.32. The van der Waals surface area contributed by atoms with Crippen molar-refractivity contribution >= 4 is 11.6 Å². The third kappa shape index (κ3) is 1.63. The zero-order valence-electron chi connectivity index (χ0n) is 10.8. The van der Waals surface area contributed by atoms with Crippen LogP contribution in [0, 0.1) is 0 Å². The molecule has 0 bridgehead atoms. The van der Waals surface area contributed by atoms with Crippen LogP contribution in [0.25, 0.3) is 0 Å². The summed E-state index contributed by atoms with van der Waals surface area (Å²) < 4.78 is 0. The first-order valence-electron chi connectivity index (χ1n) is 6.75. The molecule has 0 aliphatic carbocycles. The number of nitrogens with one attached hydrogen (secondary N) is 1. The van der Waals surface area contributed by atoms with Gasteiger partial charge in [0.2, 0.25) is 5.91 Å². The SMILES string of the molecule is CCCN1CCC2(CC1)C(=O)Nc1cccnc12. The maximum atomic E-state index is 12.3. The van der Waals surface area contributed by atoms with Gasteiger partial charge in [-0.15, -0.1) is 0 Å². The maximum absolute atomic E-state index is 12.3. The molecule has 1 saturated heterocycles. The number of aromatic nitrogens is 1. The highest BCUT2D eigenvalue weighted by molar-refractivity contribution is 6.05.